The summed E-state index contributed by atoms with van der Waals surface area (Å²) in [5.74, 6) is 0. The molecule has 0 radical (unpaired) electrons. The number of hydrogen-bond donors (Lipinski definition) is 0. The van der Waals surface area contributed by atoms with Crippen molar-refractivity contribution in [2.45, 2.75) is 73.0 Å². The first-order valence-corrected chi connectivity index (χ1v) is 20.7. The summed E-state index contributed by atoms with van der Waals surface area (Å²) in [5.41, 5.74) is 2.48. The third-order valence-corrected chi connectivity index (χ3v) is 23.1. The Bertz CT molecular complexity index is 391. The molecule has 3 heteroatoms. The van der Waals surface area contributed by atoms with Gasteiger partial charge in [0.25, 0.3) is 0 Å². The van der Waals surface area contributed by atoms with Gasteiger partial charge >= 0.3 is 130 Å². The van der Waals surface area contributed by atoms with E-state index in [1.807, 2.05) is 0 Å². The van der Waals surface area contributed by atoms with Crippen molar-refractivity contribution in [3.8, 4) is 0 Å². The van der Waals surface area contributed by atoms with E-state index < -0.39 is 26.5 Å². The monoisotopic (exact) mass is 404 g/mol. The van der Waals surface area contributed by atoms with Crippen LogP contribution in [0, 0.1) is 0 Å². The first-order chi connectivity index (χ1) is 8.54. The van der Waals surface area contributed by atoms with Crippen LogP contribution in [-0.4, -0.2) is 26.5 Å². The van der Waals surface area contributed by atoms with E-state index in [9.17, 15) is 0 Å². The second-order valence-electron chi connectivity index (χ2n) is 7.81. The van der Waals surface area contributed by atoms with Crippen LogP contribution in [0.15, 0.2) is 12.1 Å². The van der Waals surface area contributed by atoms with Crippen LogP contribution in [-0.2, 0) is 0 Å². The van der Waals surface area contributed by atoms with Crippen molar-refractivity contribution in [3.05, 3.63) is 12.1 Å². The van der Waals surface area contributed by atoms with Gasteiger partial charge in [-0.1, -0.05) is 0 Å². The van der Waals surface area contributed by atoms with Gasteiger partial charge in [0, 0.05) is 0 Å². The molecule has 110 valence electrons. The van der Waals surface area contributed by atoms with E-state index in [0.717, 1.165) is 16.6 Å². The van der Waals surface area contributed by atoms with Gasteiger partial charge in [0.15, 0.2) is 0 Å². The molecule has 0 spiro atoms. The summed E-state index contributed by atoms with van der Waals surface area (Å²) in [6, 6.07) is 4.99. The first kappa shape index (κ1) is 17.8. The molecule has 0 atom stereocenters. The molecule has 0 aliphatic heterocycles. The van der Waals surface area contributed by atoms with Crippen LogP contribution in [0.4, 0.5) is 0 Å². The predicted molar refractivity (Wildman–Crippen MR) is 98.0 cm³/mol. The topological polar surface area (TPSA) is 0 Å². The van der Waals surface area contributed by atoms with Crippen molar-refractivity contribution in [2.75, 3.05) is 0 Å². The van der Waals surface area contributed by atoms with Crippen molar-refractivity contribution in [1.82, 2.24) is 0 Å². The Hall–Kier alpha value is 0.716. The average Bonchev–Trinajstić information content (AvgIpc) is 2.65. The molecule has 1 rings (SSSR count). The third kappa shape index (κ3) is 3.32. The van der Waals surface area contributed by atoms with Crippen LogP contribution in [0.5, 0.6) is 0 Å². The zero-order valence-electron chi connectivity index (χ0n) is 14.3. The molecule has 19 heavy (non-hydrogen) atoms. The summed E-state index contributed by atoms with van der Waals surface area (Å²) in [7, 11) is -1.41. The van der Waals surface area contributed by atoms with Gasteiger partial charge in [-0.05, 0) is 0 Å². The van der Waals surface area contributed by atoms with Gasteiger partial charge in [-0.2, -0.15) is 0 Å². The summed E-state index contributed by atoms with van der Waals surface area (Å²) < 4.78 is 3.53. The molecule has 0 saturated heterocycles. The van der Waals surface area contributed by atoms with Gasteiger partial charge in [-0.25, -0.2) is 0 Å². The van der Waals surface area contributed by atoms with Crippen molar-refractivity contribution in [3.63, 3.8) is 0 Å². The molecule has 0 bridgehead atoms. The zero-order chi connectivity index (χ0) is 15.0. The Balaban J connectivity index is 3.38. The fourth-order valence-electron chi connectivity index (χ4n) is 3.83. The van der Waals surface area contributed by atoms with E-state index in [0.29, 0.717) is 0 Å². The van der Waals surface area contributed by atoms with Crippen LogP contribution < -0.4 is 7.39 Å². The number of hydrogen-bond acceptors (Lipinski definition) is 1. The standard InChI is InChI=1S/C13H23SSi.3CH3.Sn/c1-10(2)15(11(3)4,12(5)6)13-8-7-9-14-13;;;;/h7-8,10-12H,1-6H3;3*1H3;. The molecule has 0 saturated carbocycles. The van der Waals surface area contributed by atoms with Gasteiger partial charge in [-0.3, -0.25) is 0 Å². The molecule has 1 heterocycles. The van der Waals surface area contributed by atoms with E-state index in [1.165, 1.54) is 0 Å². The molecule has 0 amide bonds. The average molecular weight is 403 g/mol. The fraction of sp³-hybridized carbons (Fsp3) is 0.750. The van der Waals surface area contributed by atoms with Crippen molar-refractivity contribution in [1.29, 1.82) is 0 Å². The third-order valence-electron chi connectivity index (χ3n) is 4.64. The van der Waals surface area contributed by atoms with E-state index in [2.05, 4.69) is 79.8 Å². The Morgan fingerprint density at radius 2 is 1.26 bits per heavy atom. The van der Waals surface area contributed by atoms with E-state index in [1.54, 1.807) is 7.39 Å². The molecule has 0 nitrogen and oxygen atoms in total. The van der Waals surface area contributed by atoms with Gasteiger partial charge in [0.05, 0.1) is 0 Å². The summed E-state index contributed by atoms with van der Waals surface area (Å²) in [6.45, 7) is 14.8. The van der Waals surface area contributed by atoms with Crippen molar-refractivity contribution < 1.29 is 0 Å². The number of thiophene rings is 1. The molecule has 0 fully saturated rings. The Labute approximate surface area is 129 Å². The van der Waals surface area contributed by atoms with Gasteiger partial charge < -0.3 is 0 Å². The predicted octanol–water partition coefficient (Wildman–Crippen LogP) is 5.18. The molecule has 0 aliphatic rings. The molecule has 0 aromatic carbocycles. The van der Waals surface area contributed by atoms with E-state index in [4.69, 9.17) is 0 Å². The molecule has 0 aliphatic carbocycles. The van der Waals surface area contributed by atoms with Crippen LogP contribution in [0.1, 0.15) is 41.5 Å². The second kappa shape index (κ2) is 6.23. The maximum atomic E-state index is 2.54. The summed E-state index contributed by atoms with van der Waals surface area (Å²) >= 11 is 0.294. The summed E-state index contributed by atoms with van der Waals surface area (Å²) in [4.78, 5) is 7.61. The Morgan fingerprint density at radius 1 is 0.842 bits per heavy atom. The molecule has 1 aromatic rings. The van der Waals surface area contributed by atoms with Gasteiger partial charge in [0.2, 0.25) is 0 Å². The second-order valence-corrected chi connectivity index (χ2v) is 30.5. The SMILES string of the molecule is CC(C)[Si](c1cc[c]([Sn]([CH3])([CH3])[CH3])s1)(C(C)C)C(C)C. The summed E-state index contributed by atoms with van der Waals surface area (Å²) in [5, 5.41) is 0. The minimum absolute atomic E-state index is 0.828. The quantitative estimate of drug-likeness (QED) is 0.595. The molecule has 0 unspecified atom stereocenters. The van der Waals surface area contributed by atoms with Crippen molar-refractivity contribution >= 4 is 45.2 Å². The maximum absolute atomic E-state index is 2.54. The van der Waals surface area contributed by atoms with Gasteiger partial charge in [0.1, 0.15) is 0 Å². The molecular formula is C16H32SSiSn. The first-order valence-electron chi connectivity index (χ1n) is 7.65. The van der Waals surface area contributed by atoms with E-state index >= 15 is 0 Å². The van der Waals surface area contributed by atoms with Crippen LogP contribution in [0.25, 0.3) is 0 Å². The fourth-order valence-corrected chi connectivity index (χ4v) is 20.0. The minimum atomic E-state index is -1.89. The molecular weight excluding hydrogens is 371 g/mol. The molecule has 0 N–H and O–H groups in total. The molecule has 1 aromatic heterocycles. The Kier molecular flexibility index (Phi) is 5.82. The van der Waals surface area contributed by atoms with Gasteiger partial charge in [-0.15, -0.1) is 0 Å². The van der Waals surface area contributed by atoms with Crippen LogP contribution in [0.3, 0.4) is 0 Å². The zero-order valence-corrected chi connectivity index (χ0v) is 19.0. The normalized spacial score (nSPS) is 13.9. The van der Waals surface area contributed by atoms with Crippen LogP contribution >= 0.6 is 11.3 Å². The van der Waals surface area contributed by atoms with E-state index in [-0.39, 0.29) is 0 Å². The summed E-state index contributed by atoms with van der Waals surface area (Å²) in [6.07, 6.45) is 0. The number of rotatable bonds is 5. The Morgan fingerprint density at radius 3 is 1.53 bits per heavy atom. The van der Waals surface area contributed by atoms with Crippen LogP contribution in [0.2, 0.25) is 31.4 Å². The van der Waals surface area contributed by atoms with Crippen molar-refractivity contribution in [2.24, 2.45) is 0 Å².